The molecule has 0 atom stereocenters. The predicted octanol–water partition coefficient (Wildman–Crippen LogP) is 1.72. The zero-order valence-electron chi connectivity index (χ0n) is 9.91. The number of rotatable bonds is 3. The van der Waals surface area contributed by atoms with E-state index in [4.69, 9.17) is 0 Å². The molecule has 92 valence electrons. The lowest BCUT2D eigenvalue weighted by Gasteiger charge is -2.06. The van der Waals surface area contributed by atoms with Gasteiger partial charge in [0.05, 0.1) is 18.4 Å². The Labute approximate surface area is 107 Å². The van der Waals surface area contributed by atoms with E-state index in [1.165, 1.54) is 11.3 Å². The highest BCUT2D eigenvalue weighted by molar-refractivity contribution is 7.17. The monoisotopic (exact) mass is 260 g/mol. The molecule has 3 heterocycles. The molecule has 0 aliphatic rings. The fourth-order valence-corrected chi connectivity index (χ4v) is 2.72. The Morgan fingerprint density at radius 2 is 2.22 bits per heavy atom. The minimum absolute atomic E-state index is 0.000605. The third-order valence-corrected chi connectivity index (χ3v) is 3.78. The van der Waals surface area contributed by atoms with E-state index in [1.54, 1.807) is 17.1 Å². The van der Waals surface area contributed by atoms with Gasteiger partial charge in [-0.3, -0.25) is 9.36 Å². The summed E-state index contributed by atoms with van der Waals surface area (Å²) in [5.74, 6) is 0.873. The Morgan fingerprint density at radius 3 is 3.06 bits per heavy atom. The summed E-state index contributed by atoms with van der Waals surface area (Å²) in [5, 5.41) is 1.89. The lowest BCUT2D eigenvalue weighted by molar-refractivity contribution is 0.636. The molecule has 0 aliphatic carbocycles. The lowest BCUT2D eigenvalue weighted by atomic mass is 10.4. The number of aromatic nitrogens is 4. The molecule has 0 aromatic carbocycles. The topological polar surface area (TPSA) is 52.7 Å². The van der Waals surface area contributed by atoms with Crippen molar-refractivity contribution in [1.29, 1.82) is 0 Å². The van der Waals surface area contributed by atoms with Crippen molar-refractivity contribution < 1.29 is 0 Å². The molecule has 0 radical (unpaired) electrons. The molecule has 0 saturated carbocycles. The summed E-state index contributed by atoms with van der Waals surface area (Å²) in [7, 11) is 0. The number of thiophene rings is 1. The first-order valence-corrected chi connectivity index (χ1v) is 6.60. The van der Waals surface area contributed by atoms with Gasteiger partial charge in [-0.15, -0.1) is 11.3 Å². The molecule has 3 aromatic heterocycles. The van der Waals surface area contributed by atoms with E-state index >= 15 is 0 Å². The first-order valence-electron chi connectivity index (χ1n) is 5.72. The molecular weight excluding hydrogens is 248 g/mol. The average molecular weight is 260 g/mol. The maximum Gasteiger partial charge on any atom is 0.271 e. The highest BCUT2D eigenvalue weighted by atomic mass is 32.1. The zero-order valence-corrected chi connectivity index (χ0v) is 10.7. The van der Waals surface area contributed by atoms with Crippen molar-refractivity contribution in [2.24, 2.45) is 0 Å². The van der Waals surface area contributed by atoms with Crippen LogP contribution >= 0.6 is 11.3 Å². The van der Waals surface area contributed by atoms with Gasteiger partial charge in [0, 0.05) is 18.9 Å². The Kier molecular flexibility index (Phi) is 2.71. The fourth-order valence-electron chi connectivity index (χ4n) is 1.92. The van der Waals surface area contributed by atoms with Gasteiger partial charge in [-0.2, -0.15) is 0 Å². The maximum atomic E-state index is 12.2. The van der Waals surface area contributed by atoms with Crippen LogP contribution in [0.15, 0.2) is 35.0 Å². The van der Waals surface area contributed by atoms with Crippen LogP contribution in [-0.4, -0.2) is 19.1 Å². The summed E-state index contributed by atoms with van der Waals surface area (Å²) < 4.78 is 4.32. The van der Waals surface area contributed by atoms with E-state index in [0.717, 1.165) is 17.9 Å². The van der Waals surface area contributed by atoms with Gasteiger partial charge in [0.1, 0.15) is 10.5 Å². The predicted molar refractivity (Wildman–Crippen MR) is 70.9 cm³/mol. The van der Waals surface area contributed by atoms with Gasteiger partial charge in [0.15, 0.2) is 0 Å². The number of aryl methyl sites for hydroxylation is 1. The standard InChI is InChI=1S/C12H12N4OS/c1-2-15-5-4-13-10(15)7-16-8-14-9-3-6-18-11(9)12(16)17/h3-6,8H,2,7H2,1H3. The molecule has 0 bridgehead atoms. The average Bonchev–Trinajstić information content (AvgIpc) is 3.01. The zero-order chi connectivity index (χ0) is 12.5. The highest BCUT2D eigenvalue weighted by Gasteiger charge is 2.08. The molecule has 0 unspecified atom stereocenters. The normalized spacial score (nSPS) is 11.2. The molecule has 6 heteroatoms. The largest absolute Gasteiger partial charge is 0.334 e. The molecule has 0 aliphatic heterocycles. The summed E-state index contributed by atoms with van der Waals surface area (Å²) >= 11 is 1.43. The molecule has 0 fully saturated rings. The van der Waals surface area contributed by atoms with Gasteiger partial charge >= 0.3 is 0 Å². The molecule has 18 heavy (non-hydrogen) atoms. The minimum atomic E-state index is 0.000605. The van der Waals surface area contributed by atoms with Crippen LogP contribution in [0.3, 0.4) is 0 Å². The number of imidazole rings is 1. The first kappa shape index (κ1) is 11.2. The number of fused-ring (bicyclic) bond motifs is 1. The van der Waals surface area contributed by atoms with E-state index in [-0.39, 0.29) is 5.56 Å². The van der Waals surface area contributed by atoms with Gasteiger partial charge in [-0.05, 0) is 18.4 Å². The van der Waals surface area contributed by atoms with E-state index in [1.807, 2.05) is 22.2 Å². The van der Waals surface area contributed by atoms with Crippen LogP contribution in [-0.2, 0) is 13.1 Å². The second-order valence-electron chi connectivity index (χ2n) is 3.94. The first-order chi connectivity index (χ1) is 8.79. The van der Waals surface area contributed by atoms with Crippen LogP contribution in [0.5, 0.6) is 0 Å². The van der Waals surface area contributed by atoms with Crippen LogP contribution < -0.4 is 5.56 Å². The van der Waals surface area contributed by atoms with Crippen molar-refractivity contribution in [3.8, 4) is 0 Å². The minimum Gasteiger partial charge on any atom is -0.334 e. The second-order valence-corrected chi connectivity index (χ2v) is 4.86. The number of nitrogens with zero attached hydrogens (tertiary/aromatic N) is 4. The van der Waals surface area contributed by atoms with Crippen LogP contribution in [0, 0.1) is 0 Å². The third kappa shape index (κ3) is 1.74. The molecule has 0 N–H and O–H groups in total. The van der Waals surface area contributed by atoms with E-state index in [9.17, 15) is 4.79 Å². The molecule has 0 saturated heterocycles. The Balaban J connectivity index is 2.05. The second kappa shape index (κ2) is 4.38. The van der Waals surface area contributed by atoms with E-state index in [0.29, 0.717) is 11.2 Å². The summed E-state index contributed by atoms with van der Waals surface area (Å²) in [5.41, 5.74) is 0.765. The van der Waals surface area contributed by atoms with Gasteiger partial charge in [-0.1, -0.05) is 0 Å². The smallest absolute Gasteiger partial charge is 0.271 e. The molecular formula is C12H12N4OS. The Hall–Kier alpha value is -1.95. The summed E-state index contributed by atoms with van der Waals surface area (Å²) in [6.45, 7) is 3.36. The fraction of sp³-hybridized carbons (Fsp3) is 0.250. The number of hydrogen-bond acceptors (Lipinski definition) is 4. The highest BCUT2D eigenvalue weighted by Crippen LogP contribution is 2.13. The van der Waals surface area contributed by atoms with Crippen LogP contribution in [0.4, 0.5) is 0 Å². The van der Waals surface area contributed by atoms with Crippen molar-refractivity contribution in [3.63, 3.8) is 0 Å². The van der Waals surface area contributed by atoms with Gasteiger partial charge in [0.2, 0.25) is 0 Å². The number of hydrogen-bond donors (Lipinski definition) is 0. The molecule has 3 rings (SSSR count). The maximum absolute atomic E-state index is 12.2. The Morgan fingerprint density at radius 1 is 1.33 bits per heavy atom. The van der Waals surface area contributed by atoms with Crippen LogP contribution in [0.25, 0.3) is 10.2 Å². The SMILES string of the molecule is CCn1ccnc1Cn1cnc2ccsc2c1=O. The van der Waals surface area contributed by atoms with Crippen LogP contribution in [0.1, 0.15) is 12.7 Å². The molecule has 3 aromatic rings. The van der Waals surface area contributed by atoms with Crippen molar-refractivity contribution in [2.75, 3.05) is 0 Å². The Bertz CT molecular complexity index is 740. The lowest BCUT2D eigenvalue weighted by Crippen LogP contribution is -2.22. The summed E-state index contributed by atoms with van der Waals surface area (Å²) in [6.07, 6.45) is 5.25. The third-order valence-electron chi connectivity index (χ3n) is 2.89. The van der Waals surface area contributed by atoms with Crippen molar-refractivity contribution >= 4 is 21.6 Å². The van der Waals surface area contributed by atoms with Crippen LogP contribution in [0.2, 0.25) is 0 Å². The van der Waals surface area contributed by atoms with E-state index in [2.05, 4.69) is 16.9 Å². The van der Waals surface area contributed by atoms with Crippen molar-refractivity contribution in [1.82, 2.24) is 19.1 Å². The quantitative estimate of drug-likeness (QED) is 0.720. The van der Waals surface area contributed by atoms with Crippen molar-refractivity contribution in [2.45, 2.75) is 20.0 Å². The van der Waals surface area contributed by atoms with Gasteiger partial charge < -0.3 is 4.57 Å². The van der Waals surface area contributed by atoms with Gasteiger partial charge in [-0.25, -0.2) is 9.97 Å². The summed E-state index contributed by atoms with van der Waals surface area (Å²) in [4.78, 5) is 20.8. The van der Waals surface area contributed by atoms with Crippen molar-refractivity contribution in [3.05, 3.63) is 46.3 Å². The molecule has 0 spiro atoms. The summed E-state index contributed by atoms with van der Waals surface area (Å²) in [6, 6.07) is 1.86. The molecule has 5 nitrogen and oxygen atoms in total. The van der Waals surface area contributed by atoms with E-state index < -0.39 is 0 Å². The molecule has 0 amide bonds. The van der Waals surface area contributed by atoms with Gasteiger partial charge in [0.25, 0.3) is 5.56 Å².